The number of aromatic nitrogens is 1. The van der Waals surface area contributed by atoms with Gasteiger partial charge in [-0.2, -0.15) is 5.10 Å². The first-order chi connectivity index (χ1) is 13.3. The van der Waals surface area contributed by atoms with Crippen molar-refractivity contribution in [3.63, 3.8) is 0 Å². The Hall–Kier alpha value is -2.90. The van der Waals surface area contributed by atoms with Crippen LogP contribution in [0.3, 0.4) is 0 Å². The minimum absolute atomic E-state index is 0.189. The normalized spacial score (nSPS) is 11.3. The number of hydrogen-bond acceptors (Lipinski definition) is 6. The van der Waals surface area contributed by atoms with E-state index in [0.29, 0.717) is 5.76 Å². The number of carbonyl (C=O) groups excluding carboxylic acids is 1. The van der Waals surface area contributed by atoms with E-state index in [1.54, 1.807) is 11.3 Å². The number of hydrogen-bond donors (Lipinski definition) is 1. The number of benzene rings is 2. The number of thioether (sulfide) groups is 1. The van der Waals surface area contributed by atoms with Crippen LogP contribution in [0.5, 0.6) is 0 Å². The highest BCUT2D eigenvalue weighted by Crippen LogP contribution is 2.29. The van der Waals surface area contributed by atoms with Gasteiger partial charge in [-0.15, -0.1) is 11.3 Å². The van der Waals surface area contributed by atoms with Gasteiger partial charge in [0.1, 0.15) is 11.5 Å². The summed E-state index contributed by atoms with van der Waals surface area (Å²) in [5, 5.41) is 3.95. The van der Waals surface area contributed by atoms with Gasteiger partial charge in [-0.3, -0.25) is 4.79 Å². The average Bonchev–Trinajstić information content (AvgIpc) is 3.34. The number of hydrazone groups is 1. The Morgan fingerprint density at radius 1 is 1.11 bits per heavy atom. The first kappa shape index (κ1) is 17.5. The van der Waals surface area contributed by atoms with Crippen molar-refractivity contribution in [2.75, 3.05) is 5.75 Å². The van der Waals surface area contributed by atoms with Crippen molar-refractivity contribution in [2.45, 2.75) is 4.34 Å². The number of amides is 1. The number of nitrogens with zero attached hydrogens (tertiary/aromatic N) is 2. The van der Waals surface area contributed by atoms with Crippen molar-refractivity contribution in [3.05, 3.63) is 72.5 Å². The van der Waals surface area contributed by atoms with E-state index in [1.807, 2.05) is 66.7 Å². The number of thiazole rings is 1. The molecule has 0 aliphatic carbocycles. The van der Waals surface area contributed by atoms with E-state index >= 15 is 0 Å². The lowest BCUT2D eigenvalue weighted by Gasteiger charge is -1.97. The van der Waals surface area contributed by atoms with Crippen molar-refractivity contribution in [2.24, 2.45) is 5.10 Å². The lowest BCUT2D eigenvalue weighted by atomic mass is 10.2. The number of rotatable bonds is 6. The van der Waals surface area contributed by atoms with Crippen LogP contribution in [-0.2, 0) is 4.79 Å². The van der Waals surface area contributed by atoms with Crippen molar-refractivity contribution < 1.29 is 9.21 Å². The summed E-state index contributed by atoms with van der Waals surface area (Å²) in [6.45, 7) is 0. The lowest BCUT2D eigenvalue weighted by Crippen LogP contribution is -2.19. The Morgan fingerprint density at radius 3 is 2.78 bits per heavy atom. The first-order valence-corrected chi connectivity index (χ1v) is 10.0. The Morgan fingerprint density at radius 2 is 1.93 bits per heavy atom. The summed E-state index contributed by atoms with van der Waals surface area (Å²) in [6.07, 6.45) is 1.49. The number of fused-ring (bicyclic) bond motifs is 1. The number of furan rings is 1. The Balaban J connectivity index is 1.29. The molecule has 1 N–H and O–H groups in total. The number of nitrogens with one attached hydrogen (secondary N) is 1. The Kier molecular flexibility index (Phi) is 5.32. The van der Waals surface area contributed by atoms with Crippen molar-refractivity contribution in [1.82, 2.24) is 10.4 Å². The topological polar surface area (TPSA) is 67.5 Å². The maximum Gasteiger partial charge on any atom is 0.250 e. The summed E-state index contributed by atoms with van der Waals surface area (Å²) in [6, 6.07) is 21.4. The summed E-state index contributed by atoms with van der Waals surface area (Å²) >= 11 is 2.98. The molecule has 0 atom stereocenters. The summed E-state index contributed by atoms with van der Waals surface area (Å²) in [5.74, 6) is 1.40. The standard InChI is InChI=1S/C20H15N3O2S2/c24-19(13-26-20-22-16-8-4-5-9-18(16)27-20)23-21-12-15-10-11-17(25-15)14-6-2-1-3-7-14/h1-12H,13H2,(H,23,24)/b21-12+. The van der Waals surface area contributed by atoms with Gasteiger partial charge in [0, 0.05) is 5.56 Å². The van der Waals surface area contributed by atoms with Crippen LogP contribution >= 0.6 is 23.1 Å². The predicted octanol–water partition coefficient (Wildman–Crippen LogP) is 4.80. The molecular formula is C20H15N3O2S2. The molecule has 1 amide bonds. The van der Waals surface area contributed by atoms with Gasteiger partial charge in [0.05, 0.1) is 22.2 Å². The van der Waals surface area contributed by atoms with Crippen molar-refractivity contribution in [3.8, 4) is 11.3 Å². The summed E-state index contributed by atoms with van der Waals surface area (Å²) in [7, 11) is 0. The maximum atomic E-state index is 11.9. The van der Waals surface area contributed by atoms with Gasteiger partial charge in [-0.25, -0.2) is 10.4 Å². The molecule has 4 rings (SSSR count). The van der Waals surface area contributed by atoms with Gasteiger partial charge in [-0.1, -0.05) is 54.2 Å². The molecule has 134 valence electrons. The second kappa shape index (κ2) is 8.20. The van der Waals surface area contributed by atoms with Gasteiger partial charge >= 0.3 is 0 Å². The molecule has 0 radical (unpaired) electrons. The minimum Gasteiger partial charge on any atom is -0.455 e. The monoisotopic (exact) mass is 393 g/mol. The SMILES string of the molecule is O=C(CSc1nc2ccccc2s1)N/N=C/c1ccc(-c2ccccc2)o1. The molecule has 2 aromatic carbocycles. The van der Waals surface area contributed by atoms with Gasteiger partial charge in [0.2, 0.25) is 0 Å². The minimum atomic E-state index is -0.189. The first-order valence-electron chi connectivity index (χ1n) is 8.23. The van der Waals surface area contributed by atoms with E-state index in [9.17, 15) is 4.79 Å². The fourth-order valence-electron chi connectivity index (χ4n) is 2.42. The molecule has 7 heteroatoms. The zero-order valence-electron chi connectivity index (χ0n) is 14.2. The summed E-state index contributed by atoms with van der Waals surface area (Å²) < 4.78 is 7.69. The van der Waals surface area contributed by atoms with E-state index in [1.165, 1.54) is 18.0 Å². The molecule has 4 aromatic rings. The fourth-order valence-corrected chi connectivity index (χ4v) is 4.28. The van der Waals surface area contributed by atoms with Crippen LogP contribution in [0.4, 0.5) is 0 Å². The third-order valence-electron chi connectivity index (χ3n) is 3.67. The molecule has 0 saturated heterocycles. The quantitative estimate of drug-likeness (QED) is 0.290. The zero-order chi connectivity index (χ0) is 18.5. The van der Waals surface area contributed by atoms with E-state index in [2.05, 4.69) is 15.5 Å². The predicted molar refractivity (Wildman–Crippen MR) is 110 cm³/mol. The highest BCUT2D eigenvalue weighted by atomic mass is 32.2. The molecular weight excluding hydrogens is 378 g/mol. The molecule has 0 unspecified atom stereocenters. The highest BCUT2D eigenvalue weighted by molar-refractivity contribution is 8.01. The fraction of sp³-hybridized carbons (Fsp3) is 0.0500. The molecule has 0 spiro atoms. The Labute approximate surface area is 164 Å². The van der Waals surface area contributed by atoms with Crippen LogP contribution in [0.1, 0.15) is 5.76 Å². The van der Waals surface area contributed by atoms with Gasteiger partial charge < -0.3 is 4.42 Å². The molecule has 0 aliphatic heterocycles. The third-order valence-corrected chi connectivity index (χ3v) is 5.85. The van der Waals surface area contributed by atoms with Crippen molar-refractivity contribution in [1.29, 1.82) is 0 Å². The van der Waals surface area contributed by atoms with Crippen LogP contribution in [-0.4, -0.2) is 22.9 Å². The third kappa shape index (κ3) is 4.45. The summed E-state index contributed by atoms with van der Waals surface area (Å²) in [4.78, 5) is 16.4. The molecule has 0 aliphatic rings. The van der Waals surface area contributed by atoms with E-state index in [-0.39, 0.29) is 11.7 Å². The number of carbonyl (C=O) groups is 1. The van der Waals surface area contributed by atoms with Crippen LogP contribution in [0.2, 0.25) is 0 Å². The molecule has 2 heterocycles. The smallest absolute Gasteiger partial charge is 0.250 e. The van der Waals surface area contributed by atoms with Gasteiger partial charge in [0.25, 0.3) is 5.91 Å². The van der Waals surface area contributed by atoms with Gasteiger partial charge in [0.15, 0.2) is 4.34 Å². The average molecular weight is 393 g/mol. The number of para-hydroxylation sites is 1. The van der Waals surface area contributed by atoms with E-state index in [4.69, 9.17) is 4.42 Å². The molecule has 0 bridgehead atoms. The van der Waals surface area contributed by atoms with E-state index < -0.39 is 0 Å². The molecule has 2 aromatic heterocycles. The molecule has 27 heavy (non-hydrogen) atoms. The van der Waals surface area contributed by atoms with Crippen LogP contribution in [0, 0.1) is 0 Å². The molecule has 5 nitrogen and oxygen atoms in total. The van der Waals surface area contributed by atoms with Crippen LogP contribution < -0.4 is 5.43 Å². The summed E-state index contributed by atoms with van der Waals surface area (Å²) in [5.41, 5.74) is 4.46. The second-order valence-electron chi connectivity index (χ2n) is 5.60. The van der Waals surface area contributed by atoms with Gasteiger partial charge in [-0.05, 0) is 24.3 Å². The van der Waals surface area contributed by atoms with Crippen LogP contribution in [0.15, 0.2) is 80.6 Å². The second-order valence-corrected chi connectivity index (χ2v) is 7.85. The zero-order valence-corrected chi connectivity index (χ0v) is 15.8. The lowest BCUT2D eigenvalue weighted by molar-refractivity contribution is -0.118. The Bertz CT molecular complexity index is 1050. The van der Waals surface area contributed by atoms with Crippen molar-refractivity contribution >= 4 is 45.4 Å². The highest BCUT2D eigenvalue weighted by Gasteiger charge is 2.07. The largest absolute Gasteiger partial charge is 0.455 e. The maximum absolute atomic E-state index is 11.9. The molecule has 0 fully saturated rings. The van der Waals surface area contributed by atoms with Crippen LogP contribution in [0.25, 0.3) is 21.5 Å². The molecule has 0 saturated carbocycles. The van der Waals surface area contributed by atoms with E-state index in [0.717, 1.165) is 25.9 Å².